The van der Waals surface area contributed by atoms with Gasteiger partial charge in [0.2, 0.25) is 0 Å². The first-order chi connectivity index (χ1) is 8.72. The van der Waals surface area contributed by atoms with Gasteiger partial charge in [0.1, 0.15) is 5.82 Å². The van der Waals surface area contributed by atoms with E-state index in [1.807, 2.05) is 6.07 Å². The third-order valence-corrected chi connectivity index (χ3v) is 4.06. The van der Waals surface area contributed by atoms with Crippen molar-refractivity contribution in [2.24, 2.45) is 0 Å². The predicted octanol–water partition coefficient (Wildman–Crippen LogP) is 2.84. The van der Waals surface area contributed by atoms with E-state index in [9.17, 15) is 4.39 Å². The largest absolute Gasteiger partial charge is 0.375 e. The van der Waals surface area contributed by atoms with Crippen LogP contribution in [-0.4, -0.2) is 16.4 Å². The molecule has 0 fully saturated rings. The zero-order valence-corrected chi connectivity index (χ0v) is 11.9. The van der Waals surface area contributed by atoms with E-state index in [-0.39, 0.29) is 18.2 Å². The first kappa shape index (κ1) is 14.2. The predicted molar refractivity (Wildman–Crippen MR) is 78.0 cm³/mol. The molecular formula is C13H15ClFN3S. The van der Waals surface area contributed by atoms with E-state index >= 15 is 0 Å². The number of benzene rings is 1. The highest BCUT2D eigenvalue weighted by molar-refractivity contribution is 7.15. The first-order valence-electron chi connectivity index (χ1n) is 5.91. The molecule has 1 aliphatic heterocycles. The Kier molecular flexibility index (Phi) is 4.39. The highest BCUT2D eigenvalue weighted by Crippen LogP contribution is 2.24. The van der Waals surface area contributed by atoms with Crippen LogP contribution in [0.15, 0.2) is 24.4 Å². The van der Waals surface area contributed by atoms with Crippen LogP contribution in [0.3, 0.4) is 0 Å². The van der Waals surface area contributed by atoms with Gasteiger partial charge in [-0.3, -0.25) is 4.90 Å². The molecule has 0 aliphatic carbocycles. The summed E-state index contributed by atoms with van der Waals surface area (Å²) in [6.45, 7) is 2.41. The van der Waals surface area contributed by atoms with Crippen LogP contribution in [0.5, 0.6) is 0 Å². The number of aromatic nitrogens is 1. The van der Waals surface area contributed by atoms with Gasteiger partial charge in [-0.05, 0) is 18.1 Å². The van der Waals surface area contributed by atoms with Crippen LogP contribution in [0.1, 0.15) is 16.0 Å². The second-order valence-electron chi connectivity index (χ2n) is 4.50. The Bertz CT molecular complexity index is 573. The summed E-state index contributed by atoms with van der Waals surface area (Å²) in [5.41, 5.74) is 7.58. The van der Waals surface area contributed by atoms with Gasteiger partial charge in [-0.25, -0.2) is 9.37 Å². The summed E-state index contributed by atoms with van der Waals surface area (Å²) in [5.74, 6) is -0.0963. The Labute approximate surface area is 121 Å². The van der Waals surface area contributed by atoms with Crippen molar-refractivity contribution < 1.29 is 4.39 Å². The quantitative estimate of drug-likeness (QED) is 0.927. The lowest BCUT2D eigenvalue weighted by Gasteiger charge is -2.28. The van der Waals surface area contributed by atoms with Crippen molar-refractivity contribution in [2.75, 3.05) is 12.3 Å². The molecule has 3 rings (SSSR count). The minimum Gasteiger partial charge on any atom is -0.375 e. The van der Waals surface area contributed by atoms with Gasteiger partial charge in [-0.15, -0.1) is 23.7 Å². The highest BCUT2D eigenvalue weighted by Gasteiger charge is 2.19. The summed E-state index contributed by atoms with van der Waals surface area (Å²) >= 11 is 1.50. The average molecular weight is 300 g/mol. The van der Waals surface area contributed by atoms with Crippen molar-refractivity contribution in [2.45, 2.75) is 19.5 Å². The van der Waals surface area contributed by atoms with Gasteiger partial charge in [-0.2, -0.15) is 0 Å². The number of nitrogens with zero attached hydrogens (tertiary/aromatic N) is 2. The molecule has 2 aromatic rings. The Morgan fingerprint density at radius 2 is 2.26 bits per heavy atom. The van der Waals surface area contributed by atoms with Crippen LogP contribution < -0.4 is 5.73 Å². The molecule has 1 aliphatic rings. The van der Waals surface area contributed by atoms with Crippen molar-refractivity contribution in [1.82, 2.24) is 9.88 Å². The van der Waals surface area contributed by atoms with Gasteiger partial charge < -0.3 is 5.73 Å². The standard InChI is InChI=1S/C13H14FN3S.ClH/c14-12-3-1-2-9-4-5-17(8-11(9)12)7-10-6-16-13(15)18-10;/h1-3,6H,4-5,7-8H2,(H2,15,16);1H. The molecule has 0 radical (unpaired) electrons. The molecule has 19 heavy (non-hydrogen) atoms. The average Bonchev–Trinajstić information content (AvgIpc) is 2.76. The van der Waals surface area contributed by atoms with E-state index < -0.39 is 0 Å². The smallest absolute Gasteiger partial charge is 0.180 e. The summed E-state index contributed by atoms with van der Waals surface area (Å²) in [4.78, 5) is 7.41. The summed E-state index contributed by atoms with van der Waals surface area (Å²) in [6.07, 6.45) is 2.71. The lowest BCUT2D eigenvalue weighted by molar-refractivity contribution is 0.243. The Hall–Kier alpha value is -1.17. The molecule has 2 heterocycles. The van der Waals surface area contributed by atoms with Gasteiger partial charge >= 0.3 is 0 Å². The normalized spacial score (nSPS) is 14.8. The maximum Gasteiger partial charge on any atom is 0.180 e. The zero-order valence-electron chi connectivity index (χ0n) is 10.3. The number of thiazole rings is 1. The molecule has 0 spiro atoms. The van der Waals surface area contributed by atoms with Crippen molar-refractivity contribution in [1.29, 1.82) is 0 Å². The number of hydrogen-bond donors (Lipinski definition) is 1. The van der Waals surface area contributed by atoms with Crippen LogP contribution in [0.4, 0.5) is 9.52 Å². The van der Waals surface area contributed by atoms with E-state index in [4.69, 9.17) is 5.73 Å². The van der Waals surface area contributed by atoms with Crippen molar-refractivity contribution >= 4 is 28.9 Å². The van der Waals surface area contributed by atoms with E-state index in [1.54, 1.807) is 12.3 Å². The summed E-state index contributed by atoms with van der Waals surface area (Å²) in [5, 5.41) is 0.591. The third kappa shape index (κ3) is 3.05. The van der Waals surface area contributed by atoms with E-state index in [0.29, 0.717) is 11.7 Å². The molecule has 3 nitrogen and oxygen atoms in total. The number of fused-ring (bicyclic) bond motifs is 1. The Morgan fingerprint density at radius 3 is 3.00 bits per heavy atom. The second kappa shape index (κ2) is 5.86. The highest BCUT2D eigenvalue weighted by atomic mass is 35.5. The van der Waals surface area contributed by atoms with Gasteiger partial charge in [0.15, 0.2) is 5.13 Å². The van der Waals surface area contributed by atoms with Crippen LogP contribution >= 0.6 is 23.7 Å². The number of anilines is 1. The molecule has 0 unspecified atom stereocenters. The monoisotopic (exact) mass is 299 g/mol. The molecule has 1 aromatic heterocycles. The van der Waals surface area contributed by atoms with E-state index in [2.05, 4.69) is 9.88 Å². The van der Waals surface area contributed by atoms with Crippen molar-refractivity contribution in [3.63, 3.8) is 0 Å². The minimum absolute atomic E-state index is 0. The lowest BCUT2D eigenvalue weighted by atomic mass is 9.99. The summed E-state index contributed by atoms with van der Waals surface area (Å²) < 4.78 is 13.7. The van der Waals surface area contributed by atoms with Crippen LogP contribution in [0, 0.1) is 5.82 Å². The number of hydrogen-bond acceptors (Lipinski definition) is 4. The van der Waals surface area contributed by atoms with E-state index in [1.165, 1.54) is 17.4 Å². The molecular weight excluding hydrogens is 285 g/mol. The third-order valence-electron chi connectivity index (χ3n) is 3.25. The Balaban J connectivity index is 0.00000133. The van der Waals surface area contributed by atoms with E-state index in [0.717, 1.165) is 35.5 Å². The fourth-order valence-corrected chi connectivity index (χ4v) is 3.07. The van der Waals surface area contributed by atoms with Crippen LogP contribution in [-0.2, 0) is 19.5 Å². The maximum absolute atomic E-state index is 13.7. The maximum atomic E-state index is 13.7. The first-order valence-corrected chi connectivity index (χ1v) is 6.73. The van der Waals surface area contributed by atoms with Crippen molar-refractivity contribution in [3.8, 4) is 0 Å². The molecule has 6 heteroatoms. The summed E-state index contributed by atoms with van der Waals surface area (Å²) in [6, 6.07) is 5.33. The molecule has 0 atom stereocenters. The number of nitrogen functional groups attached to an aromatic ring is 1. The topological polar surface area (TPSA) is 42.1 Å². The molecule has 0 saturated heterocycles. The van der Waals surface area contributed by atoms with Crippen LogP contribution in [0.2, 0.25) is 0 Å². The van der Waals surface area contributed by atoms with Crippen molar-refractivity contribution in [3.05, 3.63) is 46.2 Å². The molecule has 0 saturated carbocycles. The molecule has 2 N–H and O–H groups in total. The molecule has 1 aromatic carbocycles. The van der Waals surface area contributed by atoms with Gasteiger partial charge in [0.05, 0.1) is 0 Å². The lowest BCUT2D eigenvalue weighted by Crippen LogP contribution is -2.30. The molecule has 0 amide bonds. The Morgan fingerprint density at radius 1 is 1.42 bits per heavy atom. The zero-order chi connectivity index (χ0) is 12.5. The fraction of sp³-hybridized carbons (Fsp3) is 0.308. The summed E-state index contributed by atoms with van der Waals surface area (Å²) in [7, 11) is 0. The SMILES string of the molecule is Cl.Nc1ncc(CN2CCc3cccc(F)c3C2)s1. The fourth-order valence-electron chi connectivity index (χ4n) is 2.35. The molecule has 0 bridgehead atoms. The van der Waals surface area contributed by atoms with Crippen LogP contribution in [0.25, 0.3) is 0 Å². The van der Waals surface area contributed by atoms with Gasteiger partial charge in [-0.1, -0.05) is 12.1 Å². The number of nitrogens with two attached hydrogens (primary N) is 1. The number of rotatable bonds is 2. The number of halogens is 2. The second-order valence-corrected chi connectivity index (χ2v) is 5.65. The van der Waals surface area contributed by atoms with Gasteiger partial charge in [0, 0.05) is 36.3 Å². The van der Waals surface area contributed by atoms with Gasteiger partial charge in [0.25, 0.3) is 0 Å². The minimum atomic E-state index is -0.0963. The molecule has 102 valence electrons.